The number of ketones is 1. The van der Waals surface area contributed by atoms with Crippen LogP contribution in [0.25, 0.3) is 0 Å². The predicted octanol–water partition coefficient (Wildman–Crippen LogP) is 0.313. The average Bonchev–Trinajstić information content (AvgIpc) is 3.12. The van der Waals surface area contributed by atoms with Crippen LogP contribution in [0.15, 0.2) is 18.3 Å². The summed E-state index contributed by atoms with van der Waals surface area (Å²) in [6, 6.07) is 2.74. The molecule has 2 fully saturated rings. The first-order valence-corrected chi connectivity index (χ1v) is 5.89. The van der Waals surface area contributed by atoms with Gasteiger partial charge in [-0.3, -0.25) is 20.0 Å². The van der Waals surface area contributed by atoms with Crippen LogP contribution in [0.4, 0.5) is 5.82 Å². The number of epoxide rings is 1. The monoisotopic (exact) mass is 267 g/mol. The van der Waals surface area contributed by atoms with E-state index in [0.717, 1.165) is 0 Å². The number of pyridine rings is 1. The number of hydrazine groups is 1. The van der Waals surface area contributed by atoms with Crippen LogP contribution in [-0.4, -0.2) is 35.4 Å². The van der Waals surface area contributed by atoms with Crippen molar-refractivity contribution in [2.45, 2.75) is 18.6 Å². The van der Waals surface area contributed by atoms with Gasteiger partial charge in [-0.25, -0.2) is 4.98 Å². The highest BCUT2D eigenvalue weighted by molar-refractivity contribution is 6.33. The number of ether oxygens (including phenoxy) is 1. The highest BCUT2D eigenvalue weighted by Gasteiger charge is 2.44. The molecule has 1 aromatic heterocycles. The van der Waals surface area contributed by atoms with E-state index < -0.39 is 12.1 Å². The van der Waals surface area contributed by atoms with E-state index in [4.69, 9.17) is 16.3 Å². The fraction of sp³-hybridized carbons (Fsp3) is 0.364. The van der Waals surface area contributed by atoms with Crippen LogP contribution in [0.2, 0.25) is 5.02 Å². The molecule has 2 atom stereocenters. The number of hydrogen-bond acceptors (Lipinski definition) is 5. The lowest BCUT2D eigenvalue weighted by atomic mass is 10.1. The normalized spacial score (nSPS) is 26.1. The minimum Gasteiger partial charge on any atom is -0.365 e. The molecule has 0 aromatic carbocycles. The molecule has 18 heavy (non-hydrogen) atoms. The number of rotatable bonds is 3. The molecule has 0 spiro atoms. The van der Waals surface area contributed by atoms with Gasteiger partial charge in [-0.05, 0) is 12.1 Å². The number of Topliss-reactive ketones (excluding diaryl/α,β-unsaturated/α-hetero) is 1. The zero-order chi connectivity index (χ0) is 12.7. The van der Waals surface area contributed by atoms with Crippen molar-refractivity contribution in [1.82, 2.24) is 10.4 Å². The van der Waals surface area contributed by atoms with Crippen LogP contribution in [-0.2, 0) is 14.3 Å². The smallest absolute Gasteiger partial charge is 0.241 e. The summed E-state index contributed by atoms with van der Waals surface area (Å²) >= 11 is 6.02. The highest BCUT2D eigenvalue weighted by Crippen LogP contribution is 2.28. The van der Waals surface area contributed by atoms with Crippen molar-refractivity contribution in [1.29, 1.82) is 0 Å². The molecule has 1 aromatic rings. The average molecular weight is 268 g/mol. The van der Waals surface area contributed by atoms with Gasteiger partial charge in [0.05, 0.1) is 18.1 Å². The van der Waals surface area contributed by atoms with E-state index in [2.05, 4.69) is 10.4 Å². The molecule has 0 bridgehead atoms. The maximum absolute atomic E-state index is 12.0. The molecular formula is C11H10ClN3O3. The number of halogens is 1. The Morgan fingerprint density at radius 2 is 2.39 bits per heavy atom. The van der Waals surface area contributed by atoms with Crippen molar-refractivity contribution in [3.8, 4) is 0 Å². The number of nitrogens with zero attached hydrogens (tertiary/aromatic N) is 2. The maximum Gasteiger partial charge on any atom is 0.241 e. The third kappa shape index (κ3) is 1.93. The molecule has 94 valence electrons. The van der Waals surface area contributed by atoms with Crippen molar-refractivity contribution >= 4 is 29.1 Å². The third-order valence-corrected chi connectivity index (χ3v) is 3.18. The second kappa shape index (κ2) is 4.22. The maximum atomic E-state index is 12.0. The quantitative estimate of drug-likeness (QED) is 0.798. The van der Waals surface area contributed by atoms with Gasteiger partial charge >= 0.3 is 0 Å². The van der Waals surface area contributed by atoms with E-state index >= 15 is 0 Å². The molecule has 3 heterocycles. The Morgan fingerprint density at radius 1 is 1.61 bits per heavy atom. The van der Waals surface area contributed by atoms with E-state index in [0.29, 0.717) is 17.4 Å². The topological polar surface area (TPSA) is 74.8 Å². The van der Waals surface area contributed by atoms with Gasteiger partial charge in [0.2, 0.25) is 5.91 Å². The van der Waals surface area contributed by atoms with Crippen molar-refractivity contribution in [2.75, 3.05) is 11.6 Å². The first-order valence-electron chi connectivity index (χ1n) is 5.51. The van der Waals surface area contributed by atoms with E-state index in [1.807, 2.05) is 0 Å². The molecule has 0 aliphatic carbocycles. The van der Waals surface area contributed by atoms with Gasteiger partial charge in [0.25, 0.3) is 0 Å². The Morgan fingerprint density at radius 3 is 3.06 bits per heavy atom. The van der Waals surface area contributed by atoms with Crippen molar-refractivity contribution < 1.29 is 14.3 Å². The van der Waals surface area contributed by atoms with Crippen LogP contribution in [0.3, 0.4) is 0 Å². The molecule has 7 heteroatoms. The Kier molecular flexibility index (Phi) is 2.68. The van der Waals surface area contributed by atoms with Crippen LogP contribution in [0.5, 0.6) is 0 Å². The largest absolute Gasteiger partial charge is 0.365 e. The van der Waals surface area contributed by atoms with Gasteiger partial charge in [0, 0.05) is 6.20 Å². The van der Waals surface area contributed by atoms with Crippen LogP contribution < -0.4 is 10.4 Å². The number of hydrogen-bond donors (Lipinski definition) is 1. The van der Waals surface area contributed by atoms with Gasteiger partial charge < -0.3 is 4.74 Å². The minimum absolute atomic E-state index is 0.103. The number of aromatic nitrogens is 1. The molecule has 2 saturated heterocycles. The molecule has 0 saturated carbocycles. The second-order valence-electron chi connectivity index (χ2n) is 4.16. The van der Waals surface area contributed by atoms with E-state index in [9.17, 15) is 9.59 Å². The SMILES string of the molecule is O=C1CC(C(=O)C2CO2)N(c2ncccc2Cl)N1. The van der Waals surface area contributed by atoms with Gasteiger partial charge in [-0.2, -0.15) is 0 Å². The van der Waals surface area contributed by atoms with Crippen molar-refractivity contribution in [2.24, 2.45) is 0 Å². The lowest BCUT2D eigenvalue weighted by molar-refractivity contribution is -0.123. The first-order chi connectivity index (χ1) is 8.66. The van der Waals surface area contributed by atoms with Gasteiger partial charge in [0.1, 0.15) is 12.1 Å². The molecule has 1 N–H and O–H groups in total. The molecule has 0 radical (unpaired) electrons. The molecule has 2 unspecified atom stereocenters. The fourth-order valence-corrected chi connectivity index (χ4v) is 2.15. The van der Waals surface area contributed by atoms with E-state index in [-0.39, 0.29) is 18.1 Å². The molecule has 3 rings (SSSR count). The zero-order valence-corrected chi connectivity index (χ0v) is 10.1. The summed E-state index contributed by atoms with van der Waals surface area (Å²) in [4.78, 5) is 27.6. The zero-order valence-electron chi connectivity index (χ0n) is 9.30. The first kappa shape index (κ1) is 11.4. The molecule has 6 nitrogen and oxygen atoms in total. The summed E-state index contributed by atoms with van der Waals surface area (Å²) in [6.07, 6.45) is 1.26. The number of anilines is 1. The van der Waals surface area contributed by atoms with Crippen molar-refractivity contribution in [3.63, 3.8) is 0 Å². The lowest BCUT2D eigenvalue weighted by Crippen LogP contribution is -2.44. The third-order valence-electron chi connectivity index (χ3n) is 2.88. The van der Waals surface area contributed by atoms with Gasteiger partial charge in [-0.15, -0.1) is 0 Å². The van der Waals surface area contributed by atoms with Gasteiger partial charge in [-0.1, -0.05) is 11.6 Å². The van der Waals surface area contributed by atoms with Crippen LogP contribution in [0.1, 0.15) is 6.42 Å². The van der Waals surface area contributed by atoms with Crippen LogP contribution >= 0.6 is 11.6 Å². The molecule has 2 aliphatic rings. The Bertz CT molecular complexity index is 518. The standard InChI is InChI=1S/C11H10ClN3O3/c12-6-2-1-3-13-11(6)15-7(4-9(16)14-15)10(17)8-5-18-8/h1-3,7-8H,4-5H2,(H,14,16). The molecule has 2 aliphatic heterocycles. The summed E-state index contributed by atoms with van der Waals surface area (Å²) in [7, 11) is 0. The summed E-state index contributed by atoms with van der Waals surface area (Å²) < 4.78 is 4.96. The minimum atomic E-state index is -0.600. The number of nitrogens with one attached hydrogen (secondary N) is 1. The summed E-state index contributed by atoms with van der Waals surface area (Å²) in [5.41, 5.74) is 2.60. The number of carbonyl (C=O) groups excluding carboxylic acids is 2. The van der Waals surface area contributed by atoms with E-state index in [1.54, 1.807) is 18.3 Å². The van der Waals surface area contributed by atoms with E-state index in [1.165, 1.54) is 5.01 Å². The lowest BCUT2D eigenvalue weighted by Gasteiger charge is -2.23. The second-order valence-corrected chi connectivity index (χ2v) is 4.57. The highest BCUT2D eigenvalue weighted by atomic mass is 35.5. The Labute approximate surface area is 108 Å². The van der Waals surface area contributed by atoms with Crippen LogP contribution in [0, 0.1) is 0 Å². The number of amides is 1. The van der Waals surface area contributed by atoms with Gasteiger partial charge in [0.15, 0.2) is 11.6 Å². The molecular weight excluding hydrogens is 258 g/mol. The summed E-state index contributed by atoms with van der Waals surface area (Å²) in [5.74, 6) is 0.0369. The Balaban J connectivity index is 1.91. The fourth-order valence-electron chi connectivity index (χ4n) is 1.93. The summed E-state index contributed by atoms with van der Waals surface area (Å²) in [6.45, 7) is 0.424. The molecule has 1 amide bonds. The number of carbonyl (C=O) groups is 2. The summed E-state index contributed by atoms with van der Waals surface area (Å²) in [5, 5.41) is 1.81. The van der Waals surface area contributed by atoms with Crippen molar-refractivity contribution in [3.05, 3.63) is 23.4 Å². The predicted molar refractivity (Wildman–Crippen MR) is 63.0 cm³/mol. The Hall–Kier alpha value is -1.66.